The molecule has 5 rings (SSSR count). The van der Waals surface area contributed by atoms with Gasteiger partial charge in [0.1, 0.15) is 17.7 Å². The van der Waals surface area contributed by atoms with Crippen LogP contribution >= 0.6 is 12.2 Å². The van der Waals surface area contributed by atoms with Gasteiger partial charge in [-0.15, -0.1) is 0 Å². The zero-order chi connectivity index (χ0) is 25.3. The smallest absolute Gasteiger partial charge is 0.417 e. The Hall–Kier alpha value is -3.36. The first-order chi connectivity index (χ1) is 16.4. The lowest BCUT2D eigenvalue weighted by atomic mass is 10.0. The second-order valence-electron chi connectivity index (χ2n) is 9.31. The van der Waals surface area contributed by atoms with Crippen LogP contribution in [0.1, 0.15) is 37.8 Å². The molecule has 1 saturated carbocycles. The number of amides is 1. The van der Waals surface area contributed by atoms with Gasteiger partial charge in [0.25, 0.3) is 5.91 Å². The molecular formula is C24H20F3N3O4S. The fourth-order valence-corrected chi connectivity index (χ4v) is 4.90. The number of ether oxygens (including phenoxy) is 2. The lowest BCUT2D eigenvalue weighted by molar-refractivity contribution is -0.137. The van der Waals surface area contributed by atoms with Gasteiger partial charge in [-0.25, -0.2) is 0 Å². The molecule has 1 N–H and O–H groups in total. The monoisotopic (exact) mass is 503 g/mol. The Morgan fingerprint density at radius 3 is 2.46 bits per heavy atom. The third-order valence-corrected chi connectivity index (χ3v) is 6.93. The van der Waals surface area contributed by atoms with Crippen LogP contribution in [0.25, 0.3) is 0 Å². The van der Waals surface area contributed by atoms with E-state index in [1.54, 1.807) is 36.9 Å². The average molecular weight is 504 g/mol. The van der Waals surface area contributed by atoms with Crippen LogP contribution in [-0.4, -0.2) is 40.0 Å². The zero-order valence-corrected chi connectivity index (χ0v) is 19.5. The Kier molecular flexibility index (Phi) is 5.06. The molecule has 0 spiro atoms. The minimum atomic E-state index is -4.78. The SMILES string of the molecule is CC1(C)C(=O)N(c2ccc(C#N)c(C(F)(F)F)c2)C(=S)N1c1ccc2c(c1)OCC(C1(O)CC1)O2. The predicted molar refractivity (Wildman–Crippen MR) is 123 cm³/mol. The minimum absolute atomic E-state index is 0.0142. The molecular weight excluding hydrogens is 483 g/mol. The van der Waals surface area contributed by atoms with Crippen LogP contribution in [0, 0.1) is 11.3 Å². The van der Waals surface area contributed by atoms with E-state index < -0.39 is 40.5 Å². The van der Waals surface area contributed by atoms with Gasteiger partial charge in [-0.2, -0.15) is 18.4 Å². The lowest BCUT2D eigenvalue weighted by Gasteiger charge is -2.33. The second kappa shape index (κ2) is 7.57. The molecule has 2 aliphatic heterocycles. The Bertz CT molecular complexity index is 1300. The molecule has 2 aromatic rings. The number of fused-ring (bicyclic) bond motifs is 1. The van der Waals surface area contributed by atoms with E-state index in [1.807, 2.05) is 0 Å². The number of nitriles is 1. The molecule has 2 heterocycles. The summed E-state index contributed by atoms with van der Waals surface area (Å²) in [5.74, 6) is 0.329. The van der Waals surface area contributed by atoms with Crippen molar-refractivity contribution in [1.82, 2.24) is 0 Å². The van der Waals surface area contributed by atoms with Crippen LogP contribution in [0.4, 0.5) is 24.5 Å². The summed E-state index contributed by atoms with van der Waals surface area (Å²) in [5.41, 5.74) is -3.38. The van der Waals surface area contributed by atoms with E-state index in [9.17, 15) is 23.1 Å². The summed E-state index contributed by atoms with van der Waals surface area (Å²) in [5, 5.41) is 19.4. The van der Waals surface area contributed by atoms with Crippen molar-refractivity contribution in [3.8, 4) is 17.6 Å². The zero-order valence-electron chi connectivity index (χ0n) is 18.7. The normalized spacial score (nSPS) is 22.3. The summed E-state index contributed by atoms with van der Waals surface area (Å²) < 4.78 is 52.3. The van der Waals surface area contributed by atoms with Crippen molar-refractivity contribution in [1.29, 1.82) is 5.26 Å². The number of benzene rings is 2. The topological polar surface area (TPSA) is 86.0 Å². The van der Waals surface area contributed by atoms with Gasteiger partial charge in [-0.3, -0.25) is 9.69 Å². The summed E-state index contributed by atoms with van der Waals surface area (Å²) in [4.78, 5) is 15.9. The molecule has 1 atom stereocenters. The quantitative estimate of drug-likeness (QED) is 0.630. The molecule has 182 valence electrons. The van der Waals surface area contributed by atoms with E-state index in [-0.39, 0.29) is 17.4 Å². The summed E-state index contributed by atoms with van der Waals surface area (Å²) in [6, 6.07) is 9.55. The van der Waals surface area contributed by atoms with Crippen LogP contribution in [0.2, 0.25) is 0 Å². The fourth-order valence-electron chi connectivity index (χ4n) is 4.37. The first kappa shape index (κ1) is 23.4. The molecule has 1 amide bonds. The highest BCUT2D eigenvalue weighted by molar-refractivity contribution is 7.81. The highest BCUT2D eigenvalue weighted by Crippen LogP contribution is 2.46. The van der Waals surface area contributed by atoms with Gasteiger partial charge in [0.15, 0.2) is 22.7 Å². The van der Waals surface area contributed by atoms with Crippen molar-refractivity contribution >= 4 is 34.6 Å². The molecule has 3 aliphatic rings. The van der Waals surface area contributed by atoms with Gasteiger partial charge in [-0.1, -0.05) is 0 Å². The van der Waals surface area contributed by atoms with E-state index in [0.29, 0.717) is 30.0 Å². The number of hydrogen-bond acceptors (Lipinski definition) is 6. The standard InChI is InChI=1S/C24H20F3N3O4S/c1-22(2)20(31)29(14-4-3-13(11-28)16(9-14)24(25,26)27)21(35)30(22)15-5-6-17-18(10-15)33-12-19(34-17)23(32)7-8-23/h3-6,9-10,19,32H,7-8,12H2,1-2H3. The number of carbonyl (C=O) groups excluding carboxylic acids is 1. The van der Waals surface area contributed by atoms with Gasteiger partial charge in [0, 0.05) is 11.8 Å². The number of rotatable bonds is 3. The Morgan fingerprint density at radius 1 is 1.14 bits per heavy atom. The van der Waals surface area contributed by atoms with E-state index in [0.717, 1.165) is 17.0 Å². The van der Waals surface area contributed by atoms with E-state index in [4.69, 9.17) is 27.0 Å². The maximum atomic E-state index is 13.5. The number of halogens is 3. The number of aliphatic hydroxyl groups is 1. The van der Waals surface area contributed by atoms with Gasteiger partial charge >= 0.3 is 6.18 Å². The van der Waals surface area contributed by atoms with Gasteiger partial charge in [-0.05, 0) is 69.2 Å². The molecule has 1 saturated heterocycles. The maximum Gasteiger partial charge on any atom is 0.417 e. The Labute approximate surface area is 204 Å². The molecule has 0 aromatic heterocycles. The number of carbonyl (C=O) groups is 1. The number of anilines is 2. The van der Waals surface area contributed by atoms with Crippen molar-refractivity contribution < 1.29 is 32.5 Å². The molecule has 2 aromatic carbocycles. The summed E-state index contributed by atoms with van der Waals surface area (Å²) in [6.45, 7) is 3.40. The number of alkyl halides is 3. The summed E-state index contributed by atoms with van der Waals surface area (Å²) in [7, 11) is 0. The summed E-state index contributed by atoms with van der Waals surface area (Å²) >= 11 is 5.56. The third-order valence-electron chi connectivity index (χ3n) is 6.56. The molecule has 11 heteroatoms. The van der Waals surface area contributed by atoms with Crippen molar-refractivity contribution in [2.75, 3.05) is 16.4 Å². The van der Waals surface area contributed by atoms with Crippen molar-refractivity contribution in [3.05, 3.63) is 47.5 Å². The first-order valence-electron chi connectivity index (χ1n) is 10.8. The van der Waals surface area contributed by atoms with Crippen LogP contribution < -0.4 is 19.3 Å². The fraction of sp³-hybridized carbons (Fsp3) is 0.375. The number of thiocarbonyl (C=S) groups is 1. The van der Waals surface area contributed by atoms with Crippen LogP contribution in [0.5, 0.6) is 11.5 Å². The summed E-state index contributed by atoms with van der Waals surface area (Å²) in [6.07, 6.45) is -3.95. The minimum Gasteiger partial charge on any atom is -0.486 e. The molecule has 7 nitrogen and oxygen atoms in total. The van der Waals surface area contributed by atoms with Crippen LogP contribution in [0.3, 0.4) is 0 Å². The van der Waals surface area contributed by atoms with E-state index in [1.165, 1.54) is 12.1 Å². The Morgan fingerprint density at radius 2 is 1.83 bits per heavy atom. The van der Waals surface area contributed by atoms with Gasteiger partial charge in [0.05, 0.1) is 22.9 Å². The van der Waals surface area contributed by atoms with Gasteiger partial charge < -0.3 is 19.5 Å². The maximum absolute atomic E-state index is 13.5. The van der Waals surface area contributed by atoms with Crippen LogP contribution in [0.15, 0.2) is 36.4 Å². The molecule has 35 heavy (non-hydrogen) atoms. The van der Waals surface area contributed by atoms with Crippen molar-refractivity contribution in [2.24, 2.45) is 0 Å². The largest absolute Gasteiger partial charge is 0.486 e. The molecule has 1 unspecified atom stereocenters. The highest BCUT2D eigenvalue weighted by atomic mass is 32.1. The van der Waals surface area contributed by atoms with E-state index >= 15 is 0 Å². The number of hydrogen-bond donors (Lipinski definition) is 1. The highest BCUT2D eigenvalue weighted by Gasteiger charge is 2.52. The van der Waals surface area contributed by atoms with Gasteiger partial charge in [0.2, 0.25) is 0 Å². The molecule has 0 radical (unpaired) electrons. The first-order valence-corrected chi connectivity index (χ1v) is 11.2. The Balaban J connectivity index is 1.49. The third kappa shape index (κ3) is 3.68. The van der Waals surface area contributed by atoms with Crippen molar-refractivity contribution in [2.45, 2.75) is 50.1 Å². The second-order valence-corrected chi connectivity index (χ2v) is 9.67. The predicted octanol–water partition coefficient (Wildman–Crippen LogP) is 4.16. The molecule has 1 aliphatic carbocycles. The number of nitrogens with zero attached hydrogens (tertiary/aromatic N) is 3. The molecule has 0 bridgehead atoms. The average Bonchev–Trinajstić information content (AvgIpc) is 3.52. The van der Waals surface area contributed by atoms with Crippen molar-refractivity contribution in [3.63, 3.8) is 0 Å². The lowest BCUT2D eigenvalue weighted by Crippen LogP contribution is -2.44. The molecule has 2 fully saturated rings. The van der Waals surface area contributed by atoms with Crippen LogP contribution in [-0.2, 0) is 11.0 Å². The van der Waals surface area contributed by atoms with E-state index in [2.05, 4.69) is 0 Å².